The molecule has 0 radical (unpaired) electrons. The Bertz CT molecular complexity index is 1030. The predicted molar refractivity (Wildman–Crippen MR) is 106 cm³/mol. The highest BCUT2D eigenvalue weighted by molar-refractivity contribution is 6.30. The van der Waals surface area contributed by atoms with Crippen LogP contribution in [-0.4, -0.2) is 27.1 Å². The van der Waals surface area contributed by atoms with Gasteiger partial charge in [0, 0.05) is 18.1 Å². The fourth-order valence-electron chi connectivity index (χ4n) is 3.94. The van der Waals surface area contributed by atoms with Crippen molar-refractivity contribution in [3.8, 4) is 0 Å². The highest BCUT2D eigenvalue weighted by Gasteiger charge is 2.27. The number of amides is 1. The minimum atomic E-state index is -0.0884. The Kier molecular flexibility index (Phi) is 4.41. The molecule has 0 N–H and O–H groups in total. The number of nitrogens with zero attached hydrogens (tertiary/aromatic N) is 3. The van der Waals surface area contributed by atoms with Crippen LogP contribution in [0.25, 0.3) is 0 Å². The minimum Gasteiger partial charge on any atom is -0.365 e. The van der Waals surface area contributed by atoms with Gasteiger partial charge in [-0.25, -0.2) is 0 Å². The van der Waals surface area contributed by atoms with Crippen LogP contribution < -0.4 is 0 Å². The Morgan fingerprint density at radius 2 is 1.89 bits per heavy atom. The van der Waals surface area contributed by atoms with E-state index in [2.05, 4.69) is 23.3 Å². The lowest BCUT2D eigenvalue weighted by atomic mass is 10.00. The first-order chi connectivity index (χ1) is 13.7. The number of carbonyl (C=O) groups excluding carboxylic acids is 1. The number of aromatic nitrogens is 2. The topological polar surface area (TPSA) is 47.4 Å². The number of benzene rings is 2. The fraction of sp³-hybridized carbons (Fsp3) is 0.273. The third-order valence-electron chi connectivity index (χ3n) is 5.51. The van der Waals surface area contributed by atoms with E-state index >= 15 is 0 Å². The number of carbonyl (C=O) groups is 1. The average molecular weight is 394 g/mol. The molecule has 6 heteroatoms. The van der Waals surface area contributed by atoms with E-state index in [0.29, 0.717) is 30.4 Å². The Labute approximate surface area is 168 Å². The van der Waals surface area contributed by atoms with Crippen molar-refractivity contribution in [2.45, 2.75) is 32.2 Å². The van der Waals surface area contributed by atoms with Crippen LogP contribution in [0.2, 0.25) is 5.02 Å². The first-order valence-corrected chi connectivity index (χ1v) is 9.85. The summed E-state index contributed by atoms with van der Waals surface area (Å²) in [6, 6.07) is 17.8. The van der Waals surface area contributed by atoms with Gasteiger partial charge in [-0.2, -0.15) is 5.10 Å². The molecular weight excluding hydrogens is 374 g/mol. The van der Waals surface area contributed by atoms with Crippen LogP contribution in [0.4, 0.5) is 0 Å². The largest absolute Gasteiger partial charge is 0.365 e. The highest BCUT2D eigenvalue weighted by Crippen LogP contribution is 2.28. The first-order valence-electron chi connectivity index (χ1n) is 9.47. The predicted octanol–water partition coefficient (Wildman–Crippen LogP) is 4.01. The molecule has 5 rings (SSSR count). The molecule has 1 aromatic heterocycles. The molecule has 2 aromatic carbocycles. The number of rotatable bonds is 2. The van der Waals surface area contributed by atoms with Crippen LogP contribution in [0, 0.1) is 0 Å². The van der Waals surface area contributed by atoms with Crippen LogP contribution in [0.5, 0.6) is 0 Å². The molecule has 3 aromatic rings. The molecule has 2 aliphatic rings. The van der Waals surface area contributed by atoms with Gasteiger partial charge >= 0.3 is 0 Å². The average Bonchev–Trinajstić information content (AvgIpc) is 3.17. The molecule has 2 aliphatic heterocycles. The third-order valence-corrected chi connectivity index (χ3v) is 5.77. The van der Waals surface area contributed by atoms with Gasteiger partial charge in [0.1, 0.15) is 6.10 Å². The van der Waals surface area contributed by atoms with Gasteiger partial charge in [-0.05, 0) is 41.3 Å². The van der Waals surface area contributed by atoms with Crippen LogP contribution in [-0.2, 0) is 30.9 Å². The lowest BCUT2D eigenvalue weighted by Gasteiger charge is -2.28. The van der Waals surface area contributed by atoms with Gasteiger partial charge in [0.25, 0.3) is 5.91 Å². The summed E-state index contributed by atoms with van der Waals surface area (Å²) in [4.78, 5) is 14.9. The second-order valence-electron chi connectivity index (χ2n) is 7.30. The summed E-state index contributed by atoms with van der Waals surface area (Å²) in [5.41, 5.74) is 5.04. The van der Waals surface area contributed by atoms with Crippen molar-refractivity contribution in [1.29, 1.82) is 0 Å². The molecule has 1 amide bonds. The maximum absolute atomic E-state index is 13.0. The maximum atomic E-state index is 13.0. The van der Waals surface area contributed by atoms with E-state index in [-0.39, 0.29) is 12.0 Å². The summed E-state index contributed by atoms with van der Waals surface area (Å²) < 4.78 is 7.88. The molecule has 0 aliphatic carbocycles. The quantitative estimate of drug-likeness (QED) is 0.661. The molecule has 1 atom stereocenters. The van der Waals surface area contributed by atoms with Crippen LogP contribution in [0.1, 0.15) is 39.0 Å². The van der Waals surface area contributed by atoms with Gasteiger partial charge in [-0.1, -0.05) is 48.0 Å². The molecule has 0 unspecified atom stereocenters. The fourth-order valence-corrected chi connectivity index (χ4v) is 4.07. The zero-order valence-corrected chi connectivity index (χ0v) is 16.1. The summed E-state index contributed by atoms with van der Waals surface area (Å²) in [6.07, 6.45) is 0.798. The van der Waals surface area contributed by atoms with Crippen molar-refractivity contribution in [3.05, 3.63) is 87.7 Å². The van der Waals surface area contributed by atoms with Gasteiger partial charge in [-0.3, -0.25) is 9.48 Å². The monoisotopic (exact) mass is 393 g/mol. The van der Waals surface area contributed by atoms with Crippen molar-refractivity contribution in [2.24, 2.45) is 0 Å². The zero-order chi connectivity index (χ0) is 19.1. The number of halogens is 1. The number of ether oxygens (including phenoxy) is 1. The summed E-state index contributed by atoms with van der Waals surface area (Å²) >= 11 is 5.97. The molecule has 0 saturated heterocycles. The van der Waals surface area contributed by atoms with E-state index in [9.17, 15) is 4.79 Å². The minimum absolute atomic E-state index is 0.0144. The lowest BCUT2D eigenvalue weighted by molar-refractivity contribution is -0.00121. The molecule has 142 valence electrons. The van der Waals surface area contributed by atoms with Crippen LogP contribution in [0.3, 0.4) is 0 Å². The number of hydrogen-bond donors (Lipinski definition) is 0. The van der Waals surface area contributed by atoms with Crippen LogP contribution >= 0.6 is 11.6 Å². The lowest BCUT2D eigenvalue weighted by Crippen LogP contribution is -2.36. The maximum Gasteiger partial charge on any atom is 0.274 e. The summed E-state index contributed by atoms with van der Waals surface area (Å²) in [7, 11) is 0. The summed E-state index contributed by atoms with van der Waals surface area (Å²) in [5.74, 6) is -0.0144. The van der Waals surface area contributed by atoms with Crippen molar-refractivity contribution in [3.63, 3.8) is 0 Å². The van der Waals surface area contributed by atoms with E-state index in [1.165, 1.54) is 11.1 Å². The van der Waals surface area contributed by atoms with E-state index in [4.69, 9.17) is 16.3 Å². The molecule has 0 spiro atoms. The Balaban J connectivity index is 1.33. The standard InChI is InChI=1S/C22H20ClN3O2/c23-18-7-5-16(6-8-18)21-13-26-19(14-28-21)11-20(24-26)22(27)25-10-9-15-3-1-2-4-17(15)12-25/h1-8,11,21H,9-10,12-14H2/t21-/m1/s1. The number of fused-ring (bicyclic) bond motifs is 2. The van der Waals surface area contributed by atoms with E-state index in [0.717, 1.165) is 24.2 Å². The molecule has 0 saturated carbocycles. The Morgan fingerprint density at radius 3 is 2.71 bits per heavy atom. The van der Waals surface area contributed by atoms with Crippen molar-refractivity contribution < 1.29 is 9.53 Å². The van der Waals surface area contributed by atoms with Gasteiger partial charge < -0.3 is 9.64 Å². The molecular formula is C22H20ClN3O2. The highest BCUT2D eigenvalue weighted by atomic mass is 35.5. The Hall–Kier alpha value is -2.63. The van der Waals surface area contributed by atoms with Crippen molar-refractivity contribution >= 4 is 17.5 Å². The smallest absolute Gasteiger partial charge is 0.274 e. The van der Waals surface area contributed by atoms with Crippen LogP contribution in [0.15, 0.2) is 54.6 Å². The second-order valence-corrected chi connectivity index (χ2v) is 7.74. The Morgan fingerprint density at radius 1 is 1.11 bits per heavy atom. The molecule has 0 fully saturated rings. The first kappa shape index (κ1) is 17.5. The zero-order valence-electron chi connectivity index (χ0n) is 15.3. The van der Waals surface area contributed by atoms with Crippen molar-refractivity contribution in [2.75, 3.05) is 6.54 Å². The van der Waals surface area contributed by atoms with Crippen molar-refractivity contribution in [1.82, 2.24) is 14.7 Å². The SMILES string of the molecule is O=C(c1cc2n(n1)C[C@H](c1ccc(Cl)cc1)OC2)N1CCc2ccccc2C1. The van der Waals surface area contributed by atoms with E-state index < -0.39 is 0 Å². The molecule has 3 heterocycles. The van der Waals surface area contributed by atoms with Gasteiger partial charge in [-0.15, -0.1) is 0 Å². The molecule has 28 heavy (non-hydrogen) atoms. The summed E-state index contributed by atoms with van der Waals surface area (Å²) in [6.45, 7) is 2.40. The van der Waals surface area contributed by atoms with Gasteiger partial charge in [0.2, 0.25) is 0 Å². The third kappa shape index (κ3) is 3.21. The van der Waals surface area contributed by atoms with E-state index in [1.54, 1.807) is 0 Å². The molecule has 0 bridgehead atoms. The normalized spacial score (nSPS) is 18.5. The van der Waals surface area contributed by atoms with Gasteiger partial charge in [0.15, 0.2) is 5.69 Å². The summed E-state index contributed by atoms with van der Waals surface area (Å²) in [5, 5.41) is 5.30. The second kappa shape index (κ2) is 7.08. The molecule has 5 nitrogen and oxygen atoms in total. The van der Waals surface area contributed by atoms with E-state index in [1.807, 2.05) is 46.0 Å². The van der Waals surface area contributed by atoms with Gasteiger partial charge in [0.05, 0.1) is 18.8 Å². The number of hydrogen-bond acceptors (Lipinski definition) is 3.